The van der Waals surface area contributed by atoms with Crippen LogP contribution in [0, 0.1) is 11.8 Å². The van der Waals surface area contributed by atoms with Crippen LogP contribution in [0.5, 0.6) is 5.75 Å². The van der Waals surface area contributed by atoms with Crippen LogP contribution in [-0.2, 0) is 11.2 Å². The minimum Gasteiger partial charge on any atom is -0.497 e. The molecule has 2 aromatic carbocycles. The number of aliphatic hydroxyl groups excluding tert-OH is 1. The lowest BCUT2D eigenvalue weighted by Gasteiger charge is -2.37. The number of carboxylic acid groups (broad SMARTS) is 1. The molecule has 2 N–H and O–H groups in total. The molecular weight excluding hydrogens is 464 g/mol. The Bertz CT molecular complexity index is 1150. The number of nitrogens with zero attached hydrogens (tertiary/aromatic N) is 2. The average Bonchev–Trinajstić information content (AvgIpc) is 2.87. The summed E-state index contributed by atoms with van der Waals surface area (Å²) in [5, 5.41) is 22.5. The van der Waals surface area contributed by atoms with Crippen LogP contribution in [0.3, 0.4) is 0 Å². The Balaban J connectivity index is 1.33. The van der Waals surface area contributed by atoms with Gasteiger partial charge in [-0.1, -0.05) is 23.7 Å². The van der Waals surface area contributed by atoms with Gasteiger partial charge in [0.15, 0.2) is 0 Å². The molecule has 35 heavy (non-hydrogen) atoms. The van der Waals surface area contributed by atoms with E-state index < -0.39 is 18.0 Å². The zero-order valence-electron chi connectivity index (χ0n) is 20.1. The summed E-state index contributed by atoms with van der Waals surface area (Å²) in [5.41, 5.74) is 2.81. The first-order valence-corrected chi connectivity index (χ1v) is 12.6. The number of rotatable bonds is 10. The van der Waals surface area contributed by atoms with Gasteiger partial charge in [-0.2, -0.15) is 0 Å². The van der Waals surface area contributed by atoms with Crippen LogP contribution in [0.2, 0.25) is 5.02 Å². The highest BCUT2D eigenvalue weighted by molar-refractivity contribution is 6.30. The van der Waals surface area contributed by atoms with Crippen molar-refractivity contribution in [3.05, 3.63) is 70.9 Å². The number of likely N-dealkylation sites (tertiary alicyclic amines) is 1. The maximum atomic E-state index is 12.1. The van der Waals surface area contributed by atoms with Crippen molar-refractivity contribution in [2.45, 2.75) is 38.2 Å². The Kier molecular flexibility index (Phi) is 8.60. The van der Waals surface area contributed by atoms with Crippen LogP contribution < -0.4 is 4.74 Å². The number of aromatic nitrogens is 1. The van der Waals surface area contributed by atoms with Gasteiger partial charge in [0.2, 0.25) is 0 Å². The van der Waals surface area contributed by atoms with Crippen LogP contribution in [0.1, 0.15) is 42.9 Å². The molecule has 0 amide bonds. The number of aliphatic hydroxyl groups is 1. The highest BCUT2D eigenvalue weighted by atomic mass is 35.5. The van der Waals surface area contributed by atoms with Gasteiger partial charge in [-0.15, -0.1) is 0 Å². The van der Waals surface area contributed by atoms with E-state index in [1.54, 1.807) is 13.3 Å². The Morgan fingerprint density at radius 2 is 2.11 bits per heavy atom. The molecule has 0 aliphatic carbocycles. The molecule has 0 unspecified atom stereocenters. The molecule has 0 spiro atoms. The summed E-state index contributed by atoms with van der Waals surface area (Å²) in [7, 11) is 1.61. The number of benzene rings is 2. The fourth-order valence-electron chi connectivity index (χ4n) is 5.19. The van der Waals surface area contributed by atoms with E-state index in [1.807, 2.05) is 42.5 Å². The molecule has 1 aliphatic heterocycles. The number of hydrogen-bond acceptors (Lipinski definition) is 5. The second-order valence-corrected chi connectivity index (χ2v) is 9.84. The second kappa shape index (κ2) is 11.8. The third-order valence-corrected chi connectivity index (χ3v) is 7.37. The van der Waals surface area contributed by atoms with Gasteiger partial charge in [0.05, 0.1) is 24.6 Å². The summed E-state index contributed by atoms with van der Waals surface area (Å²) in [4.78, 5) is 18.7. The molecular formula is C28H33ClN2O4. The smallest absolute Gasteiger partial charge is 0.308 e. The first-order valence-electron chi connectivity index (χ1n) is 12.2. The molecule has 6 nitrogen and oxygen atoms in total. The number of hydrogen-bond donors (Lipinski definition) is 2. The van der Waals surface area contributed by atoms with Crippen LogP contribution in [0.4, 0.5) is 0 Å². The van der Waals surface area contributed by atoms with Gasteiger partial charge < -0.3 is 19.8 Å². The van der Waals surface area contributed by atoms with E-state index in [1.165, 1.54) is 5.56 Å². The van der Waals surface area contributed by atoms with Crippen molar-refractivity contribution in [1.29, 1.82) is 0 Å². The lowest BCUT2D eigenvalue weighted by Crippen LogP contribution is -2.44. The van der Waals surface area contributed by atoms with E-state index in [4.69, 9.17) is 16.3 Å². The van der Waals surface area contributed by atoms with Crippen molar-refractivity contribution in [2.24, 2.45) is 11.8 Å². The summed E-state index contributed by atoms with van der Waals surface area (Å²) in [6, 6.07) is 15.4. The molecule has 1 fully saturated rings. The van der Waals surface area contributed by atoms with E-state index in [0.717, 1.165) is 53.8 Å². The van der Waals surface area contributed by atoms with Crippen molar-refractivity contribution in [3.8, 4) is 5.75 Å². The number of halogens is 1. The quantitative estimate of drug-likeness (QED) is 0.393. The second-order valence-electron chi connectivity index (χ2n) is 9.40. The molecule has 0 saturated carbocycles. The number of pyridine rings is 1. The molecule has 1 aliphatic rings. The lowest BCUT2D eigenvalue weighted by molar-refractivity contribution is -0.146. The molecule has 2 heterocycles. The Labute approximate surface area is 211 Å². The number of methoxy groups -OCH3 is 1. The summed E-state index contributed by atoms with van der Waals surface area (Å²) in [5.74, 6) is -0.402. The lowest BCUT2D eigenvalue weighted by atomic mass is 9.81. The van der Waals surface area contributed by atoms with Gasteiger partial charge in [0.1, 0.15) is 5.75 Å². The van der Waals surface area contributed by atoms with E-state index in [2.05, 4.69) is 16.0 Å². The molecule has 0 radical (unpaired) electrons. The number of piperidine rings is 1. The largest absolute Gasteiger partial charge is 0.497 e. The Morgan fingerprint density at radius 1 is 1.26 bits per heavy atom. The van der Waals surface area contributed by atoms with E-state index in [0.29, 0.717) is 25.1 Å². The highest BCUT2D eigenvalue weighted by Crippen LogP contribution is 2.33. The predicted molar refractivity (Wildman–Crippen MR) is 138 cm³/mol. The topological polar surface area (TPSA) is 82.9 Å². The molecule has 7 heteroatoms. The third kappa shape index (κ3) is 6.51. The maximum absolute atomic E-state index is 12.1. The van der Waals surface area contributed by atoms with Crippen molar-refractivity contribution in [2.75, 3.05) is 26.7 Å². The van der Waals surface area contributed by atoms with E-state index in [-0.39, 0.29) is 5.92 Å². The van der Waals surface area contributed by atoms with Crippen molar-refractivity contribution >= 4 is 28.5 Å². The number of aryl methyl sites for hydroxylation is 1. The molecule has 4 rings (SSSR count). The Hall–Kier alpha value is -2.67. The molecule has 1 aromatic heterocycles. The van der Waals surface area contributed by atoms with Gasteiger partial charge in [0, 0.05) is 23.2 Å². The number of aliphatic carboxylic acids is 1. The number of carbonyl (C=O) groups is 1. The molecule has 1 saturated heterocycles. The van der Waals surface area contributed by atoms with Gasteiger partial charge in [0.25, 0.3) is 0 Å². The van der Waals surface area contributed by atoms with Gasteiger partial charge >= 0.3 is 5.97 Å². The van der Waals surface area contributed by atoms with Crippen LogP contribution in [0.25, 0.3) is 10.9 Å². The van der Waals surface area contributed by atoms with Crippen molar-refractivity contribution in [1.82, 2.24) is 9.88 Å². The minimum absolute atomic E-state index is 0.0500. The average molecular weight is 497 g/mol. The summed E-state index contributed by atoms with van der Waals surface area (Å²) in [6.07, 6.45) is 4.92. The van der Waals surface area contributed by atoms with Gasteiger partial charge in [-0.25, -0.2) is 0 Å². The normalized spacial score (nSPS) is 19.5. The van der Waals surface area contributed by atoms with Crippen molar-refractivity contribution in [3.63, 3.8) is 0 Å². The standard InChI is InChI=1S/C28H33ClN2O4/c1-35-22-8-9-26-24(17-22)23(11-13-30-26)27(32)10-7-20-12-15-31(18-25(20)28(33)34)14-3-5-19-4-2-6-21(29)16-19/h2,4,6,8-9,11,13,16-17,20,25,27,32H,3,5,7,10,12,14-15,18H2,1H3,(H,33,34)/t20-,25+,27+/m1/s1. The SMILES string of the molecule is COc1ccc2nccc([C@@H](O)CC[C@@H]3CCN(CCCc4cccc(Cl)c4)C[C@@H]3C(=O)O)c2c1. The molecule has 186 valence electrons. The zero-order valence-corrected chi connectivity index (χ0v) is 20.8. The Morgan fingerprint density at radius 3 is 2.89 bits per heavy atom. The van der Waals surface area contributed by atoms with Crippen LogP contribution >= 0.6 is 11.6 Å². The summed E-state index contributed by atoms with van der Waals surface area (Å²) < 4.78 is 5.34. The van der Waals surface area contributed by atoms with E-state index >= 15 is 0 Å². The van der Waals surface area contributed by atoms with E-state index in [9.17, 15) is 15.0 Å². The third-order valence-electron chi connectivity index (χ3n) is 7.14. The molecule has 0 bridgehead atoms. The summed E-state index contributed by atoms with van der Waals surface area (Å²) in [6.45, 7) is 2.31. The zero-order chi connectivity index (χ0) is 24.8. The molecule has 3 aromatic rings. The van der Waals surface area contributed by atoms with Crippen LogP contribution in [-0.4, -0.2) is 52.8 Å². The fourth-order valence-corrected chi connectivity index (χ4v) is 5.40. The minimum atomic E-state index is -0.747. The number of ether oxygens (including phenoxy) is 1. The summed E-state index contributed by atoms with van der Waals surface area (Å²) >= 11 is 6.07. The molecule has 3 atom stereocenters. The van der Waals surface area contributed by atoms with Crippen LogP contribution in [0.15, 0.2) is 54.7 Å². The number of fused-ring (bicyclic) bond motifs is 1. The number of carboxylic acids is 1. The monoisotopic (exact) mass is 496 g/mol. The maximum Gasteiger partial charge on any atom is 0.308 e. The van der Waals surface area contributed by atoms with Crippen molar-refractivity contribution < 1.29 is 19.7 Å². The predicted octanol–water partition coefficient (Wildman–Crippen LogP) is 5.37. The fraction of sp³-hybridized carbons (Fsp3) is 0.429. The first kappa shape index (κ1) is 25.4. The first-order chi connectivity index (χ1) is 16.9. The van der Waals surface area contributed by atoms with Gasteiger partial charge in [-0.3, -0.25) is 9.78 Å². The highest BCUT2D eigenvalue weighted by Gasteiger charge is 2.34. The van der Waals surface area contributed by atoms with Gasteiger partial charge in [-0.05, 0) is 98.6 Å².